The minimum absolute atomic E-state index is 0.0115. The van der Waals surface area contributed by atoms with E-state index in [1.807, 2.05) is 51.1 Å². The second-order valence-corrected chi connectivity index (χ2v) is 19.9. The first kappa shape index (κ1) is 45.8. The molecule has 15 nitrogen and oxygen atoms in total. The quantitative estimate of drug-likeness (QED) is 0.0229. The van der Waals surface area contributed by atoms with Crippen LogP contribution in [0.3, 0.4) is 0 Å². The van der Waals surface area contributed by atoms with Crippen molar-refractivity contribution in [3.05, 3.63) is 95.6 Å². The van der Waals surface area contributed by atoms with Crippen LogP contribution in [0.15, 0.2) is 93.3 Å². The van der Waals surface area contributed by atoms with Crippen molar-refractivity contribution < 1.29 is 54.6 Å². The van der Waals surface area contributed by atoms with Gasteiger partial charge in [-0.3, -0.25) is 13.9 Å². The van der Waals surface area contributed by atoms with Crippen LogP contribution in [-0.4, -0.2) is 80.1 Å². The molecule has 6 N–H and O–H groups in total. The molecule has 1 aliphatic heterocycles. The first-order valence-corrected chi connectivity index (χ1v) is 24.1. The third-order valence-corrected chi connectivity index (χ3v) is 13.8. The van der Waals surface area contributed by atoms with Gasteiger partial charge in [-0.25, -0.2) is 22.3 Å². The van der Waals surface area contributed by atoms with E-state index in [1.165, 1.54) is 19.1 Å². The molecule has 2 heterocycles. The summed E-state index contributed by atoms with van der Waals surface area (Å²) in [7, 11) is -13.4. The number of nitrogens with one attached hydrogen (secondary N) is 2. The van der Waals surface area contributed by atoms with Gasteiger partial charge in [0, 0.05) is 59.3 Å². The van der Waals surface area contributed by atoms with Gasteiger partial charge in [-0.1, -0.05) is 31.5 Å². The lowest BCUT2D eigenvalue weighted by Crippen LogP contribution is -2.44. The van der Waals surface area contributed by atoms with Crippen molar-refractivity contribution in [2.24, 2.45) is 0 Å². The van der Waals surface area contributed by atoms with Gasteiger partial charge in [-0.05, 0) is 75.9 Å². The van der Waals surface area contributed by atoms with Gasteiger partial charge in [0.15, 0.2) is 18.9 Å². The third kappa shape index (κ3) is 11.9. The SMILES string of the molecule is CC[N+](CC)=c1ccc2c(-c3ccc(S(=O)(=O)NCCCCCC(=O)NCC(O)C[n+]4cccc(CC(C)P(=O)(O)O)c4)cc3S(=O)(=O)O)c3ccc(C)cc3oc-2c1. The molecule has 2 unspecified atom stereocenters. The van der Waals surface area contributed by atoms with Crippen molar-refractivity contribution in [1.82, 2.24) is 14.6 Å². The number of rotatable bonds is 19. The predicted octanol–water partition coefficient (Wildman–Crippen LogP) is 3.98. The molecule has 59 heavy (non-hydrogen) atoms. The average molecular weight is 873 g/mol. The Hall–Kier alpha value is -4.32. The summed E-state index contributed by atoms with van der Waals surface area (Å²) >= 11 is 0. The number of amides is 1. The summed E-state index contributed by atoms with van der Waals surface area (Å²) in [6.45, 7) is 9.12. The number of carbonyl (C=O) groups excluding carboxylic acids is 1. The molecule has 318 valence electrons. The standard InChI is InChI=1S/C41H51N4O11PS2/c1-5-45(6-2)31-14-17-35-38(23-31)56-37-21-28(3)13-16-34(37)41(35)36-18-15-33(24-39(36)59(53,54)55)58(51,52)43-19-9-7-8-12-40(47)42-25-32(46)27-44-20-10-11-30(26-44)22-29(4)57(48,49)50/h10-11,13-18,20-21,23-24,26,29,32,43,46H,5-9,12,19,22,25,27H2,1-4H3,(H2-2,42,47,48,49,50,53,54,55)/p+2. The Morgan fingerprint density at radius 1 is 0.949 bits per heavy atom. The molecule has 5 rings (SSSR count). The number of carbonyl (C=O) groups is 1. The molecular weight excluding hydrogens is 820 g/mol. The molecule has 1 amide bonds. The topological polar surface area (TPSA) is 227 Å². The van der Waals surface area contributed by atoms with Crippen LogP contribution >= 0.6 is 7.60 Å². The predicted molar refractivity (Wildman–Crippen MR) is 224 cm³/mol. The van der Waals surface area contributed by atoms with E-state index in [-0.39, 0.29) is 48.8 Å². The number of nitrogens with zero attached hydrogens (tertiary/aromatic N) is 2. The highest BCUT2D eigenvalue weighted by Crippen LogP contribution is 2.43. The minimum atomic E-state index is -4.93. The maximum atomic E-state index is 13.4. The van der Waals surface area contributed by atoms with E-state index in [2.05, 4.69) is 14.6 Å². The smallest absolute Gasteiger partial charge is 0.328 e. The lowest BCUT2D eigenvalue weighted by Gasteiger charge is -2.18. The highest BCUT2D eigenvalue weighted by atomic mass is 32.2. The van der Waals surface area contributed by atoms with E-state index in [0.29, 0.717) is 52.7 Å². The lowest BCUT2D eigenvalue weighted by molar-refractivity contribution is -0.703. The molecule has 0 fully saturated rings. The Bertz CT molecular complexity index is 2620. The van der Waals surface area contributed by atoms with E-state index in [4.69, 9.17) is 4.42 Å². The highest BCUT2D eigenvalue weighted by molar-refractivity contribution is 7.89. The fraction of sp³-hybridized carbons (Fsp3) is 0.390. The molecule has 0 spiro atoms. The van der Waals surface area contributed by atoms with Crippen LogP contribution in [0.4, 0.5) is 0 Å². The molecule has 3 aromatic rings. The molecule has 0 saturated heterocycles. The number of hydrogen-bond acceptors (Lipinski definition) is 8. The highest BCUT2D eigenvalue weighted by Gasteiger charge is 2.28. The fourth-order valence-corrected chi connectivity index (χ4v) is 9.27. The Balaban J connectivity index is 1.20. The zero-order valence-electron chi connectivity index (χ0n) is 33.5. The van der Waals surface area contributed by atoms with E-state index in [1.54, 1.807) is 35.2 Å². The van der Waals surface area contributed by atoms with Gasteiger partial charge in [0.05, 0.1) is 16.6 Å². The zero-order chi connectivity index (χ0) is 43.1. The van der Waals surface area contributed by atoms with Crippen molar-refractivity contribution in [2.75, 3.05) is 26.2 Å². The molecular formula is C41H53N4O11PS2+2. The van der Waals surface area contributed by atoms with Crippen molar-refractivity contribution in [2.45, 2.75) is 87.9 Å². The molecule has 0 saturated carbocycles. The van der Waals surface area contributed by atoms with Crippen LogP contribution in [0, 0.1) is 6.92 Å². The van der Waals surface area contributed by atoms with Crippen molar-refractivity contribution >= 4 is 44.6 Å². The van der Waals surface area contributed by atoms with Gasteiger partial charge in [-0.15, -0.1) is 0 Å². The summed E-state index contributed by atoms with van der Waals surface area (Å²) in [6.07, 6.45) is 4.13. The zero-order valence-corrected chi connectivity index (χ0v) is 36.1. The average Bonchev–Trinajstić information content (AvgIpc) is 3.17. The Kier molecular flexibility index (Phi) is 15.0. The minimum Gasteiger partial charge on any atom is -0.456 e. The molecule has 18 heteroatoms. The number of benzene rings is 3. The van der Waals surface area contributed by atoms with Crippen LogP contribution in [0.25, 0.3) is 33.4 Å². The monoisotopic (exact) mass is 872 g/mol. The van der Waals surface area contributed by atoms with Gasteiger partial charge in [-0.2, -0.15) is 8.42 Å². The Labute approximate surface area is 344 Å². The maximum Gasteiger partial charge on any atom is 0.328 e. The second kappa shape index (κ2) is 19.4. The molecule has 2 atom stereocenters. The number of aromatic nitrogens is 1. The van der Waals surface area contributed by atoms with E-state index >= 15 is 0 Å². The number of aliphatic hydroxyl groups excluding tert-OH is 1. The van der Waals surface area contributed by atoms with E-state index in [9.17, 15) is 45.6 Å². The van der Waals surface area contributed by atoms with Crippen LogP contribution in [0.2, 0.25) is 0 Å². The first-order valence-electron chi connectivity index (χ1n) is 19.5. The number of fused-ring (bicyclic) bond motifs is 2. The summed E-state index contributed by atoms with van der Waals surface area (Å²) in [5, 5.41) is 14.6. The molecule has 2 aliphatic rings. The summed E-state index contributed by atoms with van der Waals surface area (Å²) < 4.78 is 87.2. The number of sulfonamides is 1. The summed E-state index contributed by atoms with van der Waals surface area (Å²) in [6, 6.07) is 18.2. The summed E-state index contributed by atoms with van der Waals surface area (Å²) in [4.78, 5) is 30.3. The largest absolute Gasteiger partial charge is 0.456 e. The van der Waals surface area contributed by atoms with Gasteiger partial charge in [0.1, 0.15) is 35.4 Å². The third-order valence-electron chi connectivity index (χ3n) is 10.2. The maximum absolute atomic E-state index is 13.4. The molecule has 2 aromatic carbocycles. The number of aliphatic hydroxyl groups is 1. The van der Waals surface area contributed by atoms with Crippen LogP contribution in [-0.2, 0) is 42.5 Å². The fourth-order valence-electron chi connectivity index (χ4n) is 6.93. The molecule has 1 aliphatic carbocycles. The van der Waals surface area contributed by atoms with Gasteiger partial charge in [0.2, 0.25) is 21.3 Å². The molecule has 1 aromatic heterocycles. The number of pyridine rings is 1. The normalized spacial score (nSPS) is 13.4. The summed E-state index contributed by atoms with van der Waals surface area (Å²) in [5.41, 5.74) is 2.42. The summed E-state index contributed by atoms with van der Waals surface area (Å²) in [5.74, 6) is 0.202. The van der Waals surface area contributed by atoms with Gasteiger partial charge in [0.25, 0.3) is 10.1 Å². The van der Waals surface area contributed by atoms with Gasteiger partial charge < -0.3 is 24.6 Å². The first-order chi connectivity index (χ1) is 27.8. The lowest BCUT2D eigenvalue weighted by atomic mass is 9.93. The molecule has 0 bridgehead atoms. The number of aryl methyl sites for hydroxylation is 1. The van der Waals surface area contributed by atoms with Gasteiger partial charge >= 0.3 is 7.60 Å². The Morgan fingerprint density at radius 2 is 1.68 bits per heavy atom. The molecule has 0 radical (unpaired) electrons. The van der Waals surface area contributed by atoms with Crippen molar-refractivity contribution in [3.63, 3.8) is 0 Å². The van der Waals surface area contributed by atoms with Crippen molar-refractivity contribution in [3.8, 4) is 22.5 Å². The number of unbranched alkanes of at least 4 members (excludes halogenated alkanes) is 2. The van der Waals surface area contributed by atoms with Crippen LogP contribution < -0.4 is 24.5 Å². The van der Waals surface area contributed by atoms with E-state index < -0.39 is 44.4 Å². The van der Waals surface area contributed by atoms with Crippen molar-refractivity contribution in [1.29, 1.82) is 0 Å². The Morgan fingerprint density at radius 3 is 2.37 bits per heavy atom. The van der Waals surface area contributed by atoms with Crippen LogP contribution in [0.5, 0.6) is 0 Å². The van der Waals surface area contributed by atoms with Crippen LogP contribution in [0.1, 0.15) is 57.6 Å². The van der Waals surface area contributed by atoms with E-state index in [0.717, 1.165) is 30.1 Å². The number of hydrogen-bond donors (Lipinski definition) is 6. The second-order valence-electron chi connectivity index (χ2n) is 14.7.